The molecule has 12 nitrogen and oxygen atoms in total. The Hall–Kier alpha value is -4.94. The standard InChI is InChI=1S/C39H49N3O9/c1-27-23-41(28(2)25-48-26-29-15-18-32(47-7)19-16-29)37(43)33-22-31(42(45)46)17-20-35(33)50-34-14-9-8-12-30(34)13-10-11-21-49-36(27)24-40(6)38(44)51-39(3,4)5/h8-12,14-20,22,27-28,36H,13,21,23-26H2,1-7H3/b11-10+/t27-,28+,36+/m1/s1. The molecule has 0 unspecified atom stereocenters. The Morgan fingerprint density at radius 3 is 2.49 bits per heavy atom. The number of allylic oxidation sites excluding steroid dienone is 1. The molecule has 51 heavy (non-hydrogen) atoms. The molecule has 0 fully saturated rings. The smallest absolute Gasteiger partial charge is 0.410 e. The highest BCUT2D eigenvalue weighted by Gasteiger charge is 2.32. The minimum Gasteiger partial charge on any atom is -0.497 e. The number of nitro groups is 1. The number of benzene rings is 3. The van der Waals surface area contributed by atoms with Crippen molar-refractivity contribution in [2.75, 3.05) is 40.5 Å². The first-order valence-electron chi connectivity index (χ1n) is 17.0. The van der Waals surface area contributed by atoms with Gasteiger partial charge >= 0.3 is 6.09 Å². The summed E-state index contributed by atoms with van der Waals surface area (Å²) in [5.74, 6) is 0.676. The highest BCUT2D eigenvalue weighted by Crippen LogP contribution is 2.33. The van der Waals surface area contributed by atoms with Crippen LogP contribution in [0.5, 0.6) is 17.2 Å². The van der Waals surface area contributed by atoms with Crippen molar-refractivity contribution >= 4 is 17.7 Å². The average Bonchev–Trinajstić information content (AvgIpc) is 3.09. The maximum Gasteiger partial charge on any atom is 0.410 e. The molecule has 2 amide bonds. The zero-order valence-electron chi connectivity index (χ0n) is 30.5. The zero-order chi connectivity index (χ0) is 37.1. The highest BCUT2D eigenvalue weighted by molar-refractivity contribution is 5.98. The minimum atomic E-state index is -0.679. The first-order chi connectivity index (χ1) is 24.3. The van der Waals surface area contributed by atoms with Crippen LogP contribution in [0, 0.1) is 16.0 Å². The van der Waals surface area contributed by atoms with E-state index in [0.29, 0.717) is 18.8 Å². The van der Waals surface area contributed by atoms with Gasteiger partial charge in [-0.15, -0.1) is 0 Å². The van der Waals surface area contributed by atoms with Crippen LogP contribution in [0.4, 0.5) is 10.5 Å². The average molecular weight is 704 g/mol. The summed E-state index contributed by atoms with van der Waals surface area (Å²) in [5, 5.41) is 11.9. The van der Waals surface area contributed by atoms with Crippen molar-refractivity contribution in [2.24, 2.45) is 5.92 Å². The lowest BCUT2D eigenvalue weighted by molar-refractivity contribution is -0.384. The van der Waals surface area contributed by atoms with Crippen molar-refractivity contribution in [3.8, 4) is 17.2 Å². The molecule has 274 valence electrons. The van der Waals surface area contributed by atoms with Gasteiger partial charge in [0.1, 0.15) is 22.8 Å². The number of nitro benzene ring substituents is 1. The van der Waals surface area contributed by atoms with E-state index in [1.807, 2.05) is 68.5 Å². The molecule has 0 bridgehead atoms. The van der Waals surface area contributed by atoms with E-state index in [-0.39, 0.29) is 49.2 Å². The van der Waals surface area contributed by atoms with Gasteiger partial charge in [-0.3, -0.25) is 14.9 Å². The van der Waals surface area contributed by atoms with E-state index in [1.54, 1.807) is 45.9 Å². The molecule has 0 aliphatic carbocycles. The van der Waals surface area contributed by atoms with Gasteiger partial charge in [0, 0.05) is 31.6 Å². The third-order valence-corrected chi connectivity index (χ3v) is 8.37. The molecule has 3 aromatic rings. The van der Waals surface area contributed by atoms with Gasteiger partial charge < -0.3 is 33.5 Å². The molecular weight excluding hydrogens is 654 g/mol. The normalized spacial score (nSPS) is 18.2. The van der Waals surface area contributed by atoms with E-state index in [2.05, 4.69) is 0 Å². The van der Waals surface area contributed by atoms with Gasteiger partial charge in [-0.05, 0) is 69.5 Å². The second kappa shape index (κ2) is 17.8. The van der Waals surface area contributed by atoms with Crippen molar-refractivity contribution < 1.29 is 38.2 Å². The Morgan fingerprint density at radius 1 is 1.08 bits per heavy atom. The van der Waals surface area contributed by atoms with Crippen molar-refractivity contribution in [1.82, 2.24) is 9.80 Å². The van der Waals surface area contributed by atoms with Crippen molar-refractivity contribution in [1.29, 1.82) is 0 Å². The third kappa shape index (κ3) is 11.3. The van der Waals surface area contributed by atoms with Gasteiger partial charge in [-0.2, -0.15) is 0 Å². The molecule has 3 aromatic carbocycles. The number of fused-ring (bicyclic) bond motifs is 2. The molecule has 0 radical (unpaired) electrons. The van der Waals surface area contributed by atoms with Gasteiger partial charge in [-0.1, -0.05) is 49.4 Å². The molecule has 4 rings (SSSR count). The number of hydrogen-bond donors (Lipinski definition) is 0. The predicted octanol–water partition coefficient (Wildman–Crippen LogP) is 7.44. The molecule has 0 saturated carbocycles. The summed E-state index contributed by atoms with van der Waals surface area (Å²) in [5.41, 5.74) is 0.909. The van der Waals surface area contributed by atoms with E-state index in [1.165, 1.54) is 23.1 Å². The summed E-state index contributed by atoms with van der Waals surface area (Å²) >= 11 is 0. The lowest BCUT2D eigenvalue weighted by Gasteiger charge is -2.36. The Labute approximate surface area is 300 Å². The Kier molecular flexibility index (Phi) is 13.6. The van der Waals surface area contributed by atoms with Gasteiger partial charge in [0.25, 0.3) is 11.6 Å². The van der Waals surface area contributed by atoms with Crippen LogP contribution in [0.2, 0.25) is 0 Å². The number of rotatable bonds is 9. The monoisotopic (exact) mass is 703 g/mol. The molecule has 1 aliphatic rings. The SMILES string of the molecule is COc1ccc(COC[C@H](C)N2C[C@@H](C)[C@H](CN(C)C(=O)OC(C)(C)C)OC/C=C/Cc3ccccc3Oc3ccc([N+](=O)[O-])cc3C2=O)cc1. The van der Waals surface area contributed by atoms with Gasteiger partial charge in [0.05, 0.1) is 56.1 Å². The molecule has 3 atom stereocenters. The maximum absolute atomic E-state index is 14.7. The molecule has 0 aromatic heterocycles. The number of carbonyl (C=O) groups is 2. The fourth-order valence-corrected chi connectivity index (χ4v) is 5.52. The van der Waals surface area contributed by atoms with E-state index in [9.17, 15) is 19.7 Å². The first kappa shape index (κ1) is 38.9. The van der Waals surface area contributed by atoms with Crippen LogP contribution in [0.25, 0.3) is 0 Å². The number of non-ortho nitro benzene ring substituents is 1. The van der Waals surface area contributed by atoms with E-state index < -0.39 is 34.7 Å². The zero-order valence-corrected chi connectivity index (χ0v) is 30.5. The Balaban J connectivity index is 1.71. The molecule has 12 heteroatoms. The Morgan fingerprint density at radius 2 is 1.80 bits per heavy atom. The van der Waals surface area contributed by atoms with Crippen LogP contribution in [0.1, 0.15) is 56.1 Å². The predicted molar refractivity (Wildman–Crippen MR) is 193 cm³/mol. The molecule has 1 heterocycles. The number of para-hydroxylation sites is 1. The van der Waals surface area contributed by atoms with Gasteiger partial charge in [0.15, 0.2) is 0 Å². The molecule has 0 spiro atoms. The summed E-state index contributed by atoms with van der Waals surface area (Å²) < 4.78 is 29.7. The van der Waals surface area contributed by atoms with Gasteiger partial charge in [-0.25, -0.2) is 4.79 Å². The number of carbonyl (C=O) groups excluding carboxylic acids is 2. The minimum absolute atomic E-state index is 0.0435. The molecule has 0 saturated heterocycles. The summed E-state index contributed by atoms with van der Waals surface area (Å²) in [6.07, 6.45) is 3.40. The molecule has 1 aliphatic heterocycles. The summed E-state index contributed by atoms with van der Waals surface area (Å²) in [7, 11) is 3.25. The second-order valence-corrected chi connectivity index (χ2v) is 13.7. The van der Waals surface area contributed by atoms with E-state index >= 15 is 0 Å². The first-order valence-corrected chi connectivity index (χ1v) is 17.0. The second-order valence-electron chi connectivity index (χ2n) is 13.7. The number of hydrogen-bond acceptors (Lipinski definition) is 9. The quantitative estimate of drug-likeness (QED) is 0.127. The van der Waals surface area contributed by atoms with Crippen LogP contribution in [-0.2, 0) is 27.2 Å². The summed E-state index contributed by atoms with van der Waals surface area (Å²) in [4.78, 5) is 42.1. The highest BCUT2D eigenvalue weighted by atomic mass is 16.6. The maximum atomic E-state index is 14.7. The van der Waals surface area contributed by atoms with Crippen molar-refractivity contribution in [3.05, 3.63) is 106 Å². The Bertz CT molecular complexity index is 1670. The molecular formula is C39H49N3O9. The topological polar surface area (TPSA) is 130 Å². The van der Waals surface area contributed by atoms with Crippen molar-refractivity contribution in [3.63, 3.8) is 0 Å². The van der Waals surface area contributed by atoms with Gasteiger partial charge in [0.2, 0.25) is 0 Å². The number of ether oxygens (including phenoxy) is 5. The lowest BCUT2D eigenvalue weighted by Crippen LogP contribution is -2.48. The van der Waals surface area contributed by atoms with Crippen LogP contribution in [0.15, 0.2) is 78.9 Å². The van der Waals surface area contributed by atoms with E-state index in [0.717, 1.165) is 16.9 Å². The molecule has 0 N–H and O–H groups in total. The number of methoxy groups -OCH3 is 1. The fraction of sp³-hybridized carbons (Fsp3) is 0.436. The number of amides is 2. The summed E-state index contributed by atoms with van der Waals surface area (Å²) in [6, 6.07) is 18.5. The van der Waals surface area contributed by atoms with Crippen LogP contribution in [0.3, 0.4) is 0 Å². The van der Waals surface area contributed by atoms with Crippen molar-refractivity contribution in [2.45, 2.75) is 65.4 Å². The van der Waals surface area contributed by atoms with E-state index in [4.69, 9.17) is 23.7 Å². The fourth-order valence-electron chi connectivity index (χ4n) is 5.52. The van der Waals surface area contributed by atoms with Crippen LogP contribution < -0.4 is 9.47 Å². The van der Waals surface area contributed by atoms with Crippen LogP contribution >= 0.6 is 0 Å². The van der Waals surface area contributed by atoms with Crippen LogP contribution in [-0.4, -0.2) is 84.9 Å². The largest absolute Gasteiger partial charge is 0.497 e. The third-order valence-electron chi connectivity index (χ3n) is 8.37. The lowest BCUT2D eigenvalue weighted by atomic mass is 10.0. The number of likely N-dealkylation sites (N-methyl/N-ethyl adjacent to an activating group) is 1. The summed E-state index contributed by atoms with van der Waals surface area (Å²) in [6.45, 7) is 10.3. The number of nitrogens with zero attached hydrogens (tertiary/aromatic N) is 3.